The quantitative estimate of drug-likeness (QED) is 0.821. The van der Waals surface area contributed by atoms with E-state index >= 15 is 0 Å². The maximum Gasteiger partial charge on any atom is 0.0235 e. The third-order valence-electron chi connectivity index (χ3n) is 5.53. The Morgan fingerprint density at radius 1 is 1.00 bits per heavy atom. The molecule has 3 heteroatoms. The second kappa shape index (κ2) is 6.55. The molecule has 0 spiro atoms. The van der Waals surface area contributed by atoms with E-state index in [4.69, 9.17) is 0 Å². The van der Waals surface area contributed by atoms with Gasteiger partial charge in [-0.25, -0.2) is 0 Å². The second-order valence-corrected chi connectivity index (χ2v) is 6.92. The zero-order chi connectivity index (χ0) is 13.1. The fraction of sp³-hybridized carbons (Fsp3) is 1.00. The molecule has 2 atom stereocenters. The SMILES string of the molecule is CC(CNC1CCCC1)N1CCC(N2CCCC2)C1. The van der Waals surface area contributed by atoms with E-state index in [9.17, 15) is 0 Å². The monoisotopic (exact) mass is 265 g/mol. The minimum absolute atomic E-state index is 0.716. The van der Waals surface area contributed by atoms with Crippen molar-refractivity contribution in [1.29, 1.82) is 0 Å². The maximum absolute atomic E-state index is 3.79. The van der Waals surface area contributed by atoms with Crippen molar-refractivity contribution in [2.75, 3.05) is 32.7 Å². The molecule has 0 aromatic heterocycles. The topological polar surface area (TPSA) is 18.5 Å². The molecule has 3 fully saturated rings. The lowest BCUT2D eigenvalue weighted by Gasteiger charge is -2.28. The van der Waals surface area contributed by atoms with Gasteiger partial charge >= 0.3 is 0 Å². The molecule has 19 heavy (non-hydrogen) atoms. The molecule has 110 valence electrons. The number of rotatable bonds is 5. The van der Waals surface area contributed by atoms with E-state index in [-0.39, 0.29) is 0 Å². The average molecular weight is 265 g/mol. The molecular weight excluding hydrogens is 234 g/mol. The first kappa shape index (κ1) is 13.8. The zero-order valence-electron chi connectivity index (χ0n) is 12.6. The fourth-order valence-corrected chi connectivity index (χ4v) is 4.17. The molecular formula is C16H31N3. The van der Waals surface area contributed by atoms with Crippen LogP contribution in [0.15, 0.2) is 0 Å². The molecule has 3 rings (SSSR count). The van der Waals surface area contributed by atoms with Crippen molar-refractivity contribution in [3.8, 4) is 0 Å². The van der Waals surface area contributed by atoms with Crippen LogP contribution < -0.4 is 5.32 Å². The third-order valence-corrected chi connectivity index (χ3v) is 5.53. The summed E-state index contributed by atoms with van der Waals surface area (Å²) < 4.78 is 0. The summed E-state index contributed by atoms with van der Waals surface area (Å²) in [4.78, 5) is 5.45. The van der Waals surface area contributed by atoms with Crippen molar-refractivity contribution in [3.63, 3.8) is 0 Å². The van der Waals surface area contributed by atoms with Crippen LogP contribution in [0.3, 0.4) is 0 Å². The van der Waals surface area contributed by atoms with Gasteiger partial charge in [0.15, 0.2) is 0 Å². The lowest BCUT2D eigenvalue weighted by atomic mass is 10.2. The molecule has 3 aliphatic rings. The summed E-state index contributed by atoms with van der Waals surface area (Å²) in [7, 11) is 0. The van der Waals surface area contributed by atoms with E-state index in [0.717, 1.165) is 12.1 Å². The number of likely N-dealkylation sites (tertiary alicyclic amines) is 2. The first-order chi connectivity index (χ1) is 9.33. The molecule has 2 aliphatic heterocycles. The molecule has 0 amide bonds. The van der Waals surface area contributed by atoms with Crippen LogP contribution in [0.2, 0.25) is 0 Å². The summed E-state index contributed by atoms with van der Waals surface area (Å²) >= 11 is 0. The Balaban J connectivity index is 1.39. The van der Waals surface area contributed by atoms with Crippen LogP contribution in [0.1, 0.15) is 51.9 Å². The van der Waals surface area contributed by atoms with E-state index in [1.165, 1.54) is 77.7 Å². The molecule has 0 bridgehead atoms. The Hall–Kier alpha value is -0.120. The van der Waals surface area contributed by atoms with Gasteiger partial charge in [0.1, 0.15) is 0 Å². The molecule has 2 unspecified atom stereocenters. The summed E-state index contributed by atoms with van der Waals surface area (Å²) in [5, 5.41) is 3.79. The summed E-state index contributed by atoms with van der Waals surface area (Å²) in [6.45, 7) is 8.94. The van der Waals surface area contributed by atoms with Crippen LogP contribution in [0.25, 0.3) is 0 Å². The molecule has 2 saturated heterocycles. The van der Waals surface area contributed by atoms with Crippen molar-refractivity contribution in [2.24, 2.45) is 0 Å². The van der Waals surface area contributed by atoms with E-state index in [1.807, 2.05) is 0 Å². The Kier molecular flexibility index (Phi) is 4.78. The molecule has 0 aromatic carbocycles. The van der Waals surface area contributed by atoms with Crippen LogP contribution in [-0.4, -0.2) is 60.6 Å². The molecule has 0 radical (unpaired) electrons. The van der Waals surface area contributed by atoms with E-state index in [1.54, 1.807) is 0 Å². The summed E-state index contributed by atoms with van der Waals surface area (Å²) in [5.41, 5.74) is 0. The van der Waals surface area contributed by atoms with Crippen molar-refractivity contribution in [1.82, 2.24) is 15.1 Å². The van der Waals surface area contributed by atoms with E-state index in [0.29, 0.717) is 6.04 Å². The van der Waals surface area contributed by atoms with E-state index in [2.05, 4.69) is 22.0 Å². The molecule has 1 N–H and O–H groups in total. The highest BCUT2D eigenvalue weighted by molar-refractivity contribution is 4.88. The predicted octanol–water partition coefficient (Wildman–Crippen LogP) is 2.08. The van der Waals surface area contributed by atoms with Crippen LogP contribution in [-0.2, 0) is 0 Å². The molecule has 2 heterocycles. The van der Waals surface area contributed by atoms with Gasteiger partial charge in [-0.1, -0.05) is 12.8 Å². The van der Waals surface area contributed by atoms with Gasteiger partial charge in [-0.2, -0.15) is 0 Å². The molecule has 1 aliphatic carbocycles. The largest absolute Gasteiger partial charge is 0.312 e. The highest BCUT2D eigenvalue weighted by atomic mass is 15.3. The Bertz CT molecular complexity index is 269. The number of nitrogens with zero attached hydrogens (tertiary/aromatic N) is 2. The normalized spacial score (nSPS) is 32.4. The van der Waals surface area contributed by atoms with E-state index < -0.39 is 0 Å². The van der Waals surface area contributed by atoms with Gasteiger partial charge in [0.05, 0.1) is 0 Å². The van der Waals surface area contributed by atoms with Gasteiger partial charge in [0.2, 0.25) is 0 Å². The lowest BCUT2D eigenvalue weighted by Crippen LogP contribution is -2.43. The molecule has 0 aromatic rings. The van der Waals surface area contributed by atoms with Crippen LogP contribution >= 0.6 is 0 Å². The van der Waals surface area contributed by atoms with Gasteiger partial charge in [-0.05, 0) is 52.1 Å². The minimum atomic E-state index is 0.716. The van der Waals surface area contributed by atoms with Gasteiger partial charge in [-0.3, -0.25) is 9.80 Å². The van der Waals surface area contributed by atoms with Gasteiger partial charge < -0.3 is 5.32 Å². The van der Waals surface area contributed by atoms with Crippen molar-refractivity contribution in [3.05, 3.63) is 0 Å². The van der Waals surface area contributed by atoms with Crippen LogP contribution in [0.5, 0.6) is 0 Å². The summed E-state index contributed by atoms with van der Waals surface area (Å²) in [6, 6.07) is 2.39. The minimum Gasteiger partial charge on any atom is -0.312 e. The van der Waals surface area contributed by atoms with Gasteiger partial charge in [0.25, 0.3) is 0 Å². The average Bonchev–Trinajstić information content (AvgIpc) is 3.14. The standard InChI is InChI=1S/C16H31N3/c1-14(12-17-15-6-2-3-7-15)19-11-8-16(13-19)18-9-4-5-10-18/h14-17H,2-13H2,1H3. The highest BCUT2D eigenvalue weighted by Crippen LogP contribution is 2.22. The van der Waals surface area contributed by atoms with Crippen molar-refractivity contribution in [2.45, 2.75) is 70.0 Å². The molecule has 1 saturated carbocycles. The Morgan fingerprint density at radius 2 is 1.74 bits per heavy atom. The number of hydrogen-bond donors (Lipinski definition) is 1. The van der Waals surface area contributed by atoms with Crippen molar-refractivity contribution >= 4 is 0 Å². The predicted molar refractivity (Wildman–Crippen MR) is 80.5 cm³/mol. The Labute approximate surface area is 118 Å². The lowest BCUT2D eigenvalue weighted by molar-refractivity contribution is 0.202. The number of hydrogen-bond acceptors (Lipinski definition) is 3. The number of nitrogens with one attached hydrogen (secondary N) is 1. The van der Waals surface area contributed by atoms with Crippen LogP contribution in [0, 0.1) is 0 Å². The van der Waals surface area contributed by atoms with Crippen LogP contribution in [0.4, 0.5) is 0 Å². The molecule has 3 nitrogen and oxygen atoms in total. The first-order valence-corrected chi connectivity index (χ1v) is 8.54. The first-order valence-electron chi connectivity index (χ1n) is 8.54. The fourth-order valence-electron chi connectivity index (χ4n) is 4.17. The third kappa shape index (κ3) is 3.50. The zero-order valence-corrected chi connectivity index (χ0v) is 12.6. The van der Waals surface area contributed by atoms with Gasteiger partial charge in [-0.15, -0.1) is 0 Å². The summed E-state index contributed by atoms with van der Waals surface area (Å²) in [5.74, 6) is 0. The summed E-state index contributed by atoms with van der Waals surface area (Å²) in [6.07, 6.45) is 9.93. The van der Waals surface area contributed by atoms with Gasteiger partial charge in [0, 0.05) is 37.8 Å². The smallest absolute Gasteiger partial charge is 0.0235 e. The maximum atomic E-state index is 3.79. The Morgan fingerprint density at radius 3 is 2.47 bits per heavy atom. The highest BCUT2D eigenvalue weighted by Gasteiger charge is 2.31. The second-order valence-electron chi connectivity index (χ2n) is 6.92. The van der Waals surface area contributed by atoms with Crippen molar-refractivity contribution < 1.29 is 0 Å².